The van der Waals surface area contributed by atoms with Crippen molar-refractivity contribution < 1.29 is 13.6 Å². The molecule has 3 rings (SSSR count). The first-order chi connectivity index (χ1) is 11.6. The molecule has 1 atom stereocenters. The Hall–Kier alpha value is -2.54. The van der Waals surface area contributed by atoms with Crippen molar-refractivity contribution in [1.82, 2.24) is 15.1 Å². The summed E-state index contributed by atoms with van der Waals surface area (Å²) in [5.41, 5.74) is 1.09. The highest BCUT2D eigenvalue weighted by molar-refractivity contribution is 8.00. The Bertz CT molecular complexity index is 787. The summed E-state index contributed by atoms with van der Waals surface area (Å²) in [5, 5.41) is 7.89. The highest BCUT2D eigenvalue weighted by Crippen LogP contribution is 2.27. The van der Waals surface area contributed by atoms with Gasteiger partial charge in [-0.3, -0.25) is 4.79 Å². The van der Waals surface area contributed by atoms with Crippen molar-refractivity contribution in [1.29, 1.82) is 0 Å². The fraction of sp³-hybridized carbons (Fsp3) is 0.235. The summed E-state index contributed by atoms with van der Waals surface area (Å²) in [7, 11) is 1.79. The lowest BCUT2D eigenvalue weighted by Gasteiger charge is -2.20. The van der Waals surface area contributed by atoms with Crippen molar-refractivity contribution in [2.45, 2.75) is 23.9 Å². The molecule has 1 amide bonds. The molecule has 2 aromatic heterocycles. The predicted molar refractivity (Wildman–Crippen MR) is 90.2 cm³/mol. The summed E-state index contributed by atoms with van der Waals surface area (Å²) in [5.74, 6) is 0.816. The molecular weight excluding hydrogens is 326 g/mol. The topological polar surface area (TPSA) is 72.4 Å². The Balaban J connectivity index is 1.60. The van der Waals surface area contributed by atoms with Gasteiger partial charge in [-0.15, -0.1) is 10.2 Å². The van der Waals surface area contributed by atoms with Gasteiger partial charge < -0.3 is 13.7 Å². The molecule has 6 nitrogen and oxygen atoms in total. The maximum absolute atomic E-state index is 12.5. The van der Waals surface area contributed by atoms with Crippen LogP contribution in [0.4, 0.5) is 0 Å². The third-order valence-corrected chi connectivity index (χ3v) is 4.32. The summed E-state index contributed by atoms with van der Waals surface area (Å²) in [4.78, 5) is 14.2. The fourth-order valence-corrected chi connectivity index (χ4v) is 3.00. The van der Waals surface area contributed by atoms with Crippen molar-refractivity contribution >= 4 is 17.7 Å². The smallest absolute Gasteiger partial charge is 0.284 e. The van der Waals surface area contributed by atoms with Gasteiger partial charge in [0.1, 0.15) is 0 Å². The van der Waals surface area contributed by atoms with Crippen LogP contribution in [0.1, 0.15) is 12.5 Å². The van der Waals surface area contributed by atoms with Crippen LogP contribution in [0.2, 0.25) is 0 Å². The third-order valence-electron chi connectivity index (χ3n) is 3.40. The first-order valence-electron chi connectivity index (χ1n) is 7.46. The highest BCUT2D eigenvalue weighted by atomic mass is 32.2. The second-order valence-electron chi connectivity index (χ2n) is 5.29. The zero-order valence-corrected chi connectivity index (χ0v) is 14.2. The number of carbonyl (C=O) groups is 1. The van der Waals surface area contributed by atoms with Crippen molar-refractivity contribution in [3.8, 4) is 11.7 Å². The van der Waals surface area contributed by atoms with Gasteiger partial charge in [-0.05, 0) is 24.6 Å². The Morgan fingerprint density at radius 1 is 1.21 bits per heavy atom. The number of thioether (sulfide) groups is 1. The van der Waals surface area contributed by atoms with E-state index in [-0.39, 0.29) is 11.2 Å². The van der Waals surface area contributed by atoms with Crippen LogP contribution in [0.15, 0.2) is 62.8 Å². The molecule has 0 saturated heterocycles. The number of carbonyl (C=O) groups excluding carboxylic acids is 1. The van der Waals surface area contributed by atoms with Gasteiger partial charge in [-0.2, -0.15) is 0 Å². The molecule has 0 aliphatic rings. The van der Waals surface area contributed by atoms with Crippen LogP contribution in [0.3, 0.4) is 0 Å². The highest BCUT2D eigenvalue weighted by Gasteiger charge is 2.22. The second kappa shape index (κ2) is 7.35. The Morgan fingerprint density at radius 3 is 2.71 bits per heavy atom. The monoisotopic (exact) mass is 343 g/mol. The van der Waals surface area contributed by atoms with E-state index in [4.69, 9.17) is 8.83 Å². The number of hydrogen-bond donors (Lipinski definition) is 0. The van der Waals surface area contributed by atoms with Gasteiger partial charge in [-0.25, -0.2) is 0 Å². The van der Waals surface area contributed by atoms with Crippen molar-refractivity contribution in [2.75, 3.05) is 7.05 Å². The molecule has 0 spiro atoms. The molecule has 0 fully saturated rings. The maximum Gasteiger partial charge on any atom is 0.284 e. The normalized spacial score (nSPS) is 12.1. The number of benzene rings is 1. The van der Waals surface area contributed by atoms with Gasteiger partial charge in [0.25, 0.3) is 11.1 Å². The number of hydrogen-bond acceptors (Lipinski definition) is 6. The van der Waals surface area contributed by atoms with Gasteiger partial charge in [0, 0.05) is 13.6 Å². The van der Waals surface area contributed by atoms with Crippen LogP contribution in [0.5, 0.6) is 0 Å². The van der Waals surface area contributed by atoms with Crippen LogP contribution in [-0.2, 0) is 11.3 Å². The minimum Gasteiger partial charge on any atom is -0.459 e. The van der Waals surface area contributed by atoms with E-state index >= 15 is 0 Å². The number of aromatic nitrogens is 2. The number of furan rings is 1. The Kier molecular flexibility index (Phi) is 5.00. The average molecular weight is 343 g/mol. The van der Waals surface area contributed by atoms with Crippen molar-refractivity contribution in [3.05, 3.63) is 54.3 Å². The number of amides is 1. The molecule has 0 aliphatic carbocycles. The SMILES string of the molecule is CC(Sc1nnc(-c2ccco2)o1)C(=O)N(C)Cc1ccccc1. The molecule has 0 radical (unpaired) electrons. The second-order valence-corrected chi connectivity index (χ2v) is 6.58. The molecule has 2 heterocycles. The van der Waals surface area contributed by atoms with Crippen LogP contribution in [0, 0.1) is 0 Å². The minimum atomic E-state index is -0.330. The maximum atomic E-state index is 12.5. The molecule has 7 heteroatoms. The fourth-order valence-electron chi connectivity index (χ4n) is 2.20. The van der Waals surface area contributed by atoms with Crippen molar-refractivity contribution in [3.63, 3.8) is 0 Å². The third kappa shape index (κ3) is 3.86. The van der Waals surface area contributed by atoms with Gasteiger partial charge in [0.2, 0.25) is 5.91 Å². The molecular formula is C17H17N3O3S. The zero-order valence-electron chi connectivity index (χ0n) is 13.4. The van der Waals surface area contributed by atoms with E-state index in [0.29, 0.717) is 23.4 Å². The molecule has 0 aliphatic heterocycles. The number of rotatable bonds is 6. The Morgan fingerprint density at radius 2 is 2.00 bits per heavy atom. The van der Waals surface area contributed by atoms with Gasteiger partial charge >= 0.3 is 0 Å². The zero-order chi connectivity index (χ0) is 16.9. The van der Waals surface area contributed by atoms with Crippen molar-refractivity contribution in [2.24, 2.45) is 0 Å². The molecule has 1 aromatic carbocycles. The quantitative estimate of drug-likeness (QED) is 0.638. The van der Waals surface area contributed by atoms with E-state index in [1.165, 1.54) is 18.0 Å². The lowest BCUT2D eigenvalue weighted by atomic mass is 10.2. The standard InChI is InChI=1S/C17H17N3O3S/c1-12(16(21)20(2)11-13-7-4-3-5-8-13)24-17-19-18-15(23-17)14-9-6-10-22-14/h3-10,12H,11H2,1-2H3. The molecule has 0 N–H and O–H groups in total. The van der Waals surface area contributed by atoms with Crippen LogP contribution in [-0.4, -0.2) is 33.3 Å². The summed E-state index contributed by atoms with van der Waals surface area (Å²) < 4.78 is 10.7. The lowest BCUT2D eigenvalue weighted by Crippen LogP contribution is -2.32. The van der Waals surface area contributed by atoms with E-state index in [1.54, 1.807) is 24.1 Å². The summed E-state index contributed by atoms with van der Waals surface area (Å²) >= 11 is 1.24. The predicted octanol–water partition coefficient (Wildman–Crippen LogP) is 3.47. The molecule has 0 bridgehead atoms. The molecule has 1 unspecified atom stereocenters. The van der Waals surface area contributed by atoms with Gasteiger partial charge in [0.05, 0.1) is 11.5 Å². The molecule has 3 aromatic rings. The molecule has 24 heavy (non-hydrogen) atoms. The lowest BCUT2D eigenvalue weighted by molar-refractivity contribution is -0.129. The summed E-state index contributed by atoms with van der Waals surface area (Å²) in [6.07, 6.45) is 1.54. The summed E-state index contributed by atoms with van der Waals surface area (Å²) in [6, 6.07) is 13.3. The van der Waals surface area contributed by atoms with E-state index in [9.17, 15) is 4.79 Å². The van der Waals surface area contributed by atoms with Crippen LogP contribution in [0.25, 0.3) is 11.7 Å². The molecule has 0 saturated carbocycles. The van der Waals surface area contributed by atoms with Crippen LogP contribution >= 0.6 is 11.8 Å². The van der Waals surface area contributed by atoms with Gasteiger partial charge in [-0.1, -0.05) is 42.1 Å². The first-order valence-corrected chi connectivity index (χ1v) is 8.34. The van der Waals surface area contributed by atoms with E-state index in [0.717, 1.165) is 5.56 Å². The van der Waals surface area contributed by atoms with E-state index in [2.05, 4.69) is 10.2 Å². The Labute approximate surface area is 143 Å². The number of nitrogens with zero attached hydrogens (tertiary/aromatic N) is 3. The largest absolute Gasteiger partial charge is 0.459 e. The molecule has 124 valence electrons. The minimum absolute atomic E-state index is 0.00148. The van der Waals surface area contributed by atoms with E-state index in [1.807, 2.05) is 37.3 Å². The van der Waals surface area contributed by atoms with E-state index < -0.39 is 0 Å². The van der Waals surface area contributed by atoms with Crippen LogP contribution < -0.4 is 0 Å². The first kappa shape index (κ1) is 16.3. The average Bonchev–Trinajstić information content (AvgIpc) is 3.26. The van der Waals surface area contributed by atoms with Gasteiger partial charge in [0.15, 0.2) is 5.76 Å². The summed E-state index contributed by atoms with van der Waals surface area (Å²) in [6.45, 7) is 2.39.